The molecule has 2 aromatic rings. The maximum Gasteiger partial charge on any atom is 0.249 e. The topological polar surface area (TPSA) is 107 Å². The first kappa shape index (κ1) is 24.5. The van der Waals surface area contributed by atoms with Crippen LogP contribution in [-0.2, 0) is 19.1 Å². The van der Waals surface area contributed by atoms with Crippen LogP contribution >= 0.6 is 0 Å². The zero-order valence-electron chi connectivity index (χ0n) is 20.5. The third kappa shape index (κ3) is 4.73. The highest BCUT2D eigenvalue weighted by Gasteiger charge is 2.53. The molecule has 2 N–H and O–H groups in total. The summed E-state index contributed by atoms with van der Waals surface area (Å²) in [5.41, 5.74) is 1.57. The second-order valence-corrected chi connectivity index (χ2v) is 10.1. The minimum absolute atomic E-state index is 0.157. The number of carbonyl (C=O) groups is 3. The summed E-state index contributed by atoms with van der Waals surface area (Å²) < 4.78 is 34.7. The van der Waals surface area contributed by atoms with E-state index in [-0.39, 0.29) is 37.9 Å². The minimum atomic E-state index is -1.37. The minimum Gasteiger partial charge on any atom is -0.342 e. The summed E-state index contributed by atoms with van der Waals surface area (Å²) >= 11 is 0. The van der Waals surface area contributed by atoms with Crippen molar-refractivity contribution in [3.63, 3.8) is 0 Å². The van der Waals surface area contributed by atoms with E-state index in [1.165, 1.54) is 22.1 Å². The summed E-state index contributed by atoms with van der Waals surface area (Å²) in [7, 11) is 0. The zero-order valence-corrected chi connectivity index (χ0v) is 20.5. The molecule has 4 heterocycles. The number of benzene rings is 1. The molecule has 4 aliphatic rings. The fourth-order valence-corrected chi connectivity index (χ4v) is 5.15. The number of hydrogen-bond acceptors (Lipinski definition) is 6. The van der Waals surface area contributed by atoms with Crippen LogP contribution in [0.1, 0.15) is 48.0 Å². The summed E-state index contributed by atoms with van der Waals surface area (Å²) in [6, 6.07) is 10.6. The maximum atomic E-state index is 14.8. The Morgan fingerprint density at radius 1 is 1.21 bits per heavy atom. The molecule has 11 heteroatoms. The molecule has 9 nitrogen and oxygen atoms in total. The molecule has 38 heavy (non-hydrogen) atoms. The number of nitrogens with zero attached hydrogens (tertiary/aromatic N) is 3. The second kappa shape index (κ2) is 9.46. The van der Waals surface area contributed by atoms with Gasteiger partial charge in [0.15, 0.2) is 0 Å². The molecule has 1 unspecified atom stereocenters. The lowest BCUT2D eigenvalue weighted by Gasteiger charge is -2.33. The van der Waals surface area contributed by atoms with Gasteiger partial charge in [-0.05, 0) is 30.4 Å². The van der Waals surface area contributed by atoms with Crippen molar-refractivity contribution in [1.82, 2.24) is 25.4 Å². The molecule has 1 aromatic carbocycles. The first-order valence-electron chi connectivity index (χ1n) is 12.7. The van der Waals surface area contributed by atoms with Crippen molar-refractivity contribution in [2.24, 2.45) is 0 Å². The Labute approximate surface area is 217 Å². The summed E-state index contributed by atoms with van der Waals surface area (Å²) in [5.74, 6) is -2.82. The van der Waals surface area contributed by atoms with Crippen molar-refractivity contribution in [2.75, 3.05) is 19.7 Å². The van der Waals surface area contributed by atoms with Gasteiger partial charge in [0.05, 0.1) is 18.3 Å². The van der Waals surface area contributed by atoms with Gasteiger partial charge >= 0.3 is 0 Å². The van der Waals surface area contributed by atoms with Gasteiger partial charge in [-0.3, -0.25) is 14.4 Å². The highest BCUT2D eigenvalue weighted by molar-refractivity contribution is 5.91. The van der Waals surface area contributed by atoms with Crippen LogP contribution in [0.15, 0.2) is 54.7 Å². The molecular formula is C27H27F2N5O4. The van der Waals surface area contributed by atoms with Gasteiger partial charge in [0.25, 0.3) is 0 Å². The highest BCUT2D eigenvalue weighted by Crippen LogP contribution is 2.41. The van der Waals surface area contributed by atoms with E-state index in [2.05, 4.69) is 15.6 Å². The lowest BCUT2D eigenvalue weighted by Crippen LogP contribution is -2.56. The number of alkyl halides is 1. The van der Waals surface area contributed by atoms with E-state index in [0.29, 0.717) is 16.8 Å². The Bertz CT molecular complexity index is 1300. The Morgan fingerprint density at radius 3 is 2.66 bits per heavy atom. The highest BCUT2D eigenvalue weighted by atomic mass is 19.1. The van der Waals surface area contributed by atoms with Crippen LogP contribution in [-0.4, -0.2) is 70.3 Å². The molecule has 2 saturated heterocycles. The molecular weight excluding hydrogens is 496 g/mol. The van der Waals surface area contributed by atoms with E-state index >= 15 is 0 Å². The molecule has 4 atom stereocenters. The molecule has 1 saturated carbocycles. The van der Waals surface area contributed by atoms with Gasteiger partial charge in [0.1, 0.15) is 25.4 Å². The molecule has 1 aliphatic carbocycles. The number of carbonyl (C=O) groups excluding carboxylic acids is 3. The van der Waals surface area contributed by atoms with Crippen molar-refractivity contribution < 1.29 is 27.9 Å². The smallest absolute Gasteiger partial charge is 0.249 e. The number of aromatic nitrogens is 1. The number of epoxide rings is 1. The largest absolute Gasteiger partial charge is 0.342 e. The van der Waals surface area contributed by atoms with Gasteiger partial charge in [0.2, 0.25) is 29.5 Å². The van der Waals surface area contributed by atoms with E-state index in [4.69, 9.17) is 4.74 Å². The summed E-state index contributed by atoms with van der Waals surface area (Å²) in [4.78, 5) is 45.3. The van der Waals surface area contributed by atoms with Crippen molar-refractivity contribution in [3.8, 4) is 0 Å². The quantitative estimate of drug-likeness (QED) is 0.424. The molecule has 3 aliphatic heterocycles. The Balaban J connectivity index is 1.21. The van der Waals surface area contributed by atoms with E-state index < -0.39 is 41.9 Å². The number of pyridine rings is 1. The van der Waals surface area contributed by atoms with E-state index in [1.54, 1.807) is 36.4 Å². The van der Waals surface area contributed by atoms with Crippen LogP contribution < -0.4 is 10.6 Å². The summed E-state index contributed by atoms with van der Waals surface area (Å²) in [5, 5.41) is 5.54. The number of ether oxygens (including phenoxy) is 1. The van der Waals surface area contributed by atoms with Crippen LogP contribution in [0.25, 0.3) is 0 Å². The van der Waals surface area contributed by atoms with Crippen molar-refractivity contribution in [2.45, 2.75) is 49.3 Å². The van der Waals surface area contributed by atoms with Crippen molar-refractivity contribution in [1.29, 1.82) is 0 Å². The van der Waals surface area contributed by atoms with Crippen molar-refractivity contribution in [3.05, 3.63) is 77.5 Å². The molecule has 1 aromatic heterocycles. The summed E-state index contributed by atoms with van der Waals surface area (Å²) in [6.07, 6.45) is 3.06. The van der Waals surface area contributed by atoms with E-state index in [1.807, 2.05) is 6.07 Å². The Hall–Kier alpha value is -3.86. The molecule has 6 rings (SSSR count). The lowest BCUT2D eigenvalue weighted by molar-refractivity contribution is -0.141. The fourth-order valence-electron chi connectivity index (χ4n) is 5.15. The van der Waals surface area contributed by atoms with E-state index in [9.17, 15) is 23.2 Å². The van der Waals surface area contributed by atoms with Gasteiger partial charge in [-0.15, -0.1) is 0 Å². The molecule has 1 spiro atoms. The molecule has 198 valence electrons. The normalized spacial score (nSPS) is 26.8. The van der Waals surface area contributed by atoms with Crippen LogP contribution in [0.2, 0.25) is 0 Å². The average Bonchev–Trinajstić information content (AvgIpc) is 3.84. The second-order valence-electron chi connectivity index (χ2n) is 10.1. The first-order chi connectivity index (χ1) is 18.3. The number of rotatable bonds is 7. The Kier molecular flexibility index (Phi) is 6.10. The standard InChI is InChI=1S/C27H27F2N5O4/c28-18-12-21(34(13-18)23(36)14-33-11-10-22(35)32-27(33)15-38-27)26(37)31-24(17-4-2-1-3-5-17)20-9-8-19(16-6-7-16)25(29)30-20/h1-5,8-11,16,18,21,24H,6-7,12-15H2,(H,31,37)(H,32,35)/t18-,21+,24+,27?/m1/s1. The number of halogens is 2. The molecule has 3 fully saturated rings. The van der Waals surface area contributed by atoms with Crippen molar-refractivity contribution >= 4 is 17.7 Å². The molecule has 3 amide bonds. The van der Waals surface area contributed by atoms with Gasteiger partial charge in [-0.25, -0.2) is 9.37 Å². The van der Waals surface area contributed by atoms with Gasteiger partial charge in [-0.2, -0.15) is 4.39 Å². The van der Waals surface area contributed by atoms with E-state index in [0.717, 1.165) is 12.8 Å². The van der Waals surface area contributed by atoms with Crippen LogP contribution in [0.5, 0.6) is 0 Å². The fraction of sp³-hybridized carbons (Fsp3) is 0.407. The average molecular weight is 524 g/mol. The van der Waals surface area contributed by atoms with Crippen LogP contribution in [0.4, 0.5) is 8.78 Å². The summed E-state index contributed by atoms with van der Waals surface area (Å²) in [6.45, 7) is -0.216. The Morgan fingerprint density at radius 2 is 1.97 bits per heavy atom. The van der Waals surface area contributed by atoms with Gasteiger partial charge in [0, 0.05) is 24.3 Å². The maximum absolute atomic E-state index is 14.8. The number of likely N-dealkylation sites (tertiary alicyclic amines) is 1. The number of nitrogens with one attached hydrogen (secondary N) is 2. The predicted molar refractivity (Wildman–Crippen MR) is 130 cm³/mol. The zero-order chi connectivity index (χ0) is 26.4. The van der Waals surface area contributed by atoms with Crippen LogP contribution in [0.3, 0.4) is 0 Å². The van der Waals surface area contributed by atoms with Gasteiger partial charge < -0.3 is 25.2 Å². The monoisotopic (exact) mass is 523 g/mol. The number of amides is 3. The predicted octanol–water partition coefficient (Wildman–Crippen LogP) is 1.87. The third-order valence-electron chi connectivity index (χ3n) is 7.42. The van der Waals surface area contributed by atoms with Gasteiger partial charge in [-0.1, -0.05) is 36.4 Å². The molecule has 0 bridgehead atoms. The number of hydrogen-bond donors (Lipinski definition) is 2. The first-order valence-corrected chi connectivity index (χ1v) is 12.7. The SMILES string of the molecule is O=C1C=CN(CC(=O)N2C[C@H](F)C[C@H]2C(=O)N[C@@H](c2ccccc2)c2ccc(C3CC3)c(F)n2)C2(CO2)N1. The third-order valence-corrected chi connectivity index (χ3v) is 7.42. The van der Waals surface area contributed by atoms with Crippen LogP contribution in [0, 0.1) is 5.95 Å². The molecule has 0 radical (unpaired) electrons. The lowest BCUT2D eigenvalue weighted by atomic mass is 10.0.